The maximum absolute atomic E-state index is 12.9. The van der Waals surface area contributed by atoms with Gasteiger partial charge in [-0.05, 0) is 53.9 Å². The summed E-state index contributed by atoms with van der Waals surface area (Å²) >= 11 is 0. The van der Waals surface area contributed by atoms with E-state index < -0.39 is 0 Å². The van der Waals surface area contributed by atoms with Crippen LogP contribution < -0.4 is 20.5 Å². The molecule has 0 aliphatic rings. The molecule has 0 saturated heterocycles. The zero-order chi connectivity index (χ0) is 23.9. The summed E-state index contributed by atoms with van der Waals surface area (Å²) in [4.78, 5) is 20.9. The van der Waals surface area contributed by atoms with E-state index in [2.05, 4.69) is 34.3 Å². The summed E-state index contributed by atoms with van der Waals surface area (Å²) < 4.78 is 11.4. The quantitative estimate of drug-likeness (QED) is 0.392. The number of nitrogens with zero attached hydrogens (tertiary/aromatic N) is 2. The molecule has 7 nitrogen and oxygen atoms in total. The summed E-state index contributed by atoms with van der Waals surface area (Å²) in [7, 11) is 1.58. The van der Waals surface area contributed by atoms with Gasteiger partial charge in [0.2, 0.25) is 5.95 Å². The van der Waals surface area contributed by atoms with E-state index in [1.807, 2.05) is 36.4 Å². The van der Waals surface area contributed by atoms with Crippen LogP contribution in [0, 0.1) is 6.92 Å². The number of carbonyl (C=O) groups excluding carboxylic acids is 1. The zero-order valence-corrected chi connectivity index (χ0v) is 19.1. The van der Waals surface area contributed by atoms with E-state index in [9.17, 15) is 4.79 Å². The molecule has 0 unspecified atom stereocenters. The normalized spacial score (nSPS) is 10.5. The van der Waals surface area contributed by atoms with Crippen LogP contribution in [0.2, 0.25) is 0 Å². The van der Waals surface area contributed by atoms with Crippen LogP contribution in [0.4, 0.5) is 11.6 Å². The van der Waals surface area contributed by atoms with Gasteiger partial charge in [0.1, 0.15) is 0 Å². The molecule has 34 heavy (non-hydrogen) atoms. The number of methoxy groups -OCH3 is 1. The van der Waals surface area contributed by atoms with Crippen molar-refractivity contribution in [3.8, 4) is 22.6 Å². The van der Waals surface area contributed by atoms with Gasteiger partial charge >= 0.3 is 0 Å². The standard InChI is InChI=1S/C27H26N4O3/c1-18-5-3-4-6-19(18)13-14-34-25-15-21(9-12-24(25)33-2)26(32)31-23-10-7-20(8-11-23)22-16-29-27(28)30-17-22/h3-12,15-17H,13-14H2,1-2H3,(H,31,32)(H2,28,29,30). The number of nitrogens with one attached hydrogen (secondary N) is 1. The van der Waals surface area contributed by atoms with E-state index in [1.165, 1.54) is 11.1 Å². The number of nitrogens with two attached hydrogens (primary N) is 1. The van der Waals surface area contributed by atoms with E-state index in [1.54, 1.807) is 37.7 Å². The summed E-state index contributed by atoms with van der Waals surface area (Å²) in [5.74, 6) is 1.10. The van der Waals surface area contributed by atoms with Crippen LogP contribution in [-0.4, -0.2) is 29.6 Å². The lowest BCUT2D eigenvalue weighted by molar-refractivity contribution is 0.102. The lowest BCUT2D eigenvalue weighted by atomic mass is 10.1. The Kier molecular flexibility index (Phi) is 7.03. The van der Waals surface area contributed by atoms with Crippen LogP contribution in [0.3, 0.4) is 0 Å². The number of hydrogen-bond acceptors (Lipinski definition) is 6. The molecular formula is C27H26N4O3. The Balaban J connectivity index is 1.42. The molecule has 4 aromatic rings. The first kappa shape index (κ1) is 22.8. The van der Waals surface area contributed by atoms with Crippen LogP contribution in [0.5, 0.6) is 11.5 Å². The van der Waals surface area contributed by atoms with Crippen molar-refractivity contribution in [1.29, 1.82) is 0 Å². The molecule has 0 radical (unpaired) electrons. The fraction of sp³-hybridized carbons (Fsp3) is 0.148. The molecule has 1 aromatic heterocycles. The van der Waals surface area contributed by atoms with Crippen LogP contribution in [-0.2, 0) is 6.42 Å². The Morgan fingerprint density at radius 1 is 0.941 bits per heavy atom. The van der Waals surface area contributed by atoms with Gasteiger partial charge in [-0.3, -0.25) is 4.79 Å². The Labute approximate surface area is 198 Å². The van der Waals surface area contributed by atoms with Gasteiger partial charge in [0.15, 0.2) is 11.5 Å². The minimum Gasteiger partial charge on any atom is -0.493 e. The highest BCUT2D eigenvalue weighted by Crippen LogP contribution is 2.29. The maximum Gasteiger partial charge on any atom is 0.255 e. The van der Waals surface area contributed by atoms with Crippen LogP contribution in [0.15, 0.2) is 79.1 Å². The third kappa shape index (κ3) is 5.50. The first-order valence-corrected chi connectivity index (χ1v) is 10.9. The minimum absolute atomic E-state index is 0.227. The molecule has 1 heterocycles. The topological polar surface area (TPSA) is 99.4 Å². The summed E-state index contributed by atoms with van der Waals surface area (Å²) in [5.41, 5.74) is 10.9. The number of hydrogen-bond donors (Lipinski definition) is 2. The molecule has 3 aromatic carbocycles. The molecule has 7 heteroatoms. The summed E-state index contributed by atoms with van der Waals surface area (Å²) in [6.45, 7) is 2.56. The molecule has 0 spiro atoms. The van der Waals surface area contributed by atoms with Crippen molar-refractivity contribution in [3.63, 3.8) is 0 Å². The Morgan fingerprint density at radius 3 is 2.38 bits per heavy atom. The third-order valence-electron chi connectivity index (χ3n) is 5.46. The van der Waals surface area contributed by atoms with Gasteiger partial charge in [-0.25, -0.2) is 9.97 Å². The Morgan fingerprint density at radius 2 is 1.68 bits per heavy atom. The first-order chi connectivity index (χ1) is 16.5. The highest BCUT2D eigenvalue weighted by molar-refractivity contribution is 6.04. The van der Waals surface area contributed by atoms with E-state index in [-0.39, 0.29) is 11.9 Å². The Hall–Kier alpha value is -4.39. The van der Waals surface area contributed by atoms with Crippen molar-refractivity contribution < 1.29 is 14.3 Å². The predicted octanol–water partition coefficient (Wildman–Crippen LogP) is 4.92. The summed E-state index contributed by atoms with van der Waals surface area (Å²) in [6, 6.07) is 20.8. The van der Waals surface area contributed by atoms with E-state index in [4.69, 9.17) is 15.2 Å². The SMILES string of the molecule is COc1ccc(C(=O)Nc2ccc(-c3cnc(N)nc3)cc2)cc1OCCc1ccccc1C. The number of nitrogen functional groups attached to an aromatic ring is 1. The van der Waals surface area contributed by atoms with E-state index in [0.717, 1.165) is 17.5 Å². The van der Waals surface area contributed by atoms with Crippen LogP contribution in [0.25, 0.3) is 11.1 Å². The number of rotatable bonds is 8. The predicted molar refractivity (Wildman–Crippen MR) is 133 cm³/mol. The first-order valence-electron chi connectivity index (χ1n) is 10.9. The third-order valence-corrected chi connectivity index (χ3v) is 5.46. The van der Waals surface area contributed by atoms with Crippen molar-refractivity contribution in [2.24, 2.45) is 0 Å². The molecule has 1 amide bonds. The number of aryl methyl sites for hydroxylation is 1. The second-order valence-corrected chi connectivity index (χ2v) is 7.75. The number of ether oxygens (including phenoxy) is 2. The van der Waals surface area contributed by atoms with Gasteiger partial charge in [0, 0.05) is 35.6 Å². The minimum atomic E-state index is -0.241. The average Bonchev–Trinajstić information content (AvgIpc) is 2.86. The van der Waals surface area contributed by atoms with Crippen molar-refractivity contribution in [1.82, 2.24) is 9.97 Å². The molecule has 0 bridgehead atoms. The smallest absolute Gasteiger partial charge is 0.255 e. The summed E-state index contributed by atoms with van der Waals surface area (Å²) in [6.07, 6.45) is 4.08. The monoisotopic (exact) mass is 454 g/mol. The highest BCUT2D eigenvalue weighted by Gasteiger charge is 2.12. The largest absolute Gasteiger partial charge is 0.493 e. The fourth-order valence-corrected chi connectivity index (χ4v) is 3.53. The van der Waals surface area contributed by atoms with Crippen molar-refractivity contribution in [3.05, 3.63) is 95.8 Å². The van der Waals surface area contributed by atoms with Crippen LogP contribution in [0.1, 0.15) is 21.5 Å². The van der Waals surface area contributed by atoms with Crippen LogP contribution >= 0.6 is 0 Å². The average molecular weight is 455 g/mol. The molecule has 172 valence electrons. The fourth-order valence-electron chi connectivity index (χ4n) is 3.53. The van der Waals surface area contributed by atoms with Gasteiger partial charge in [-0.15, -0.1) is 0 Å². The molecule has 0 atom stereocenters. The van der Waals surface area contributed by atoms with Gasteiger partial charge in [-0.1, -0.05) is 36.4 Å². The zero-order valence-electron chi connectivity index (χ0n) is 19.1. The summed E-state index contributed by atoms with van der Waals surface area (Å²) in [5, 5.41) is 2.91. The number of carbonyl (C=O) groups is 1. The molecule has 0 aliphatic heterocycles. The lowest BCUT2D eigenvalue weighted by Crippen LogP contribution is -2.12. The molecule has 0 saturated carbocycles. The molecule has 0 fully saturated rings. The second kappa shape index (κ2) is 10.5. The van der Waals surface area contributed by atoms with Gasteiger partial charge in [0.05, 0.1) is 13.7 Å². The number of amides is 1. The maximum atomic E-state index is 12.9. The molecule has 0 aliphatic carbocycles. The molecular weight excluding hydrogens is 428 g/mol. The van der Waals surface area contributed by atoms with Crippen molar-refractivity contribution in [2.75, 3.05) is 24.8 Å². The number of anilines is 2. The Bertz CT molecular complexity index is 1270. The van der Waals surface area contributed by atoms with Crippen molar-refractivity contribution in [2.45, 2.75) is 13.3 Å². The molecule has 3 N–H and O–H groups in total. The number of benzene rings is 3. The molecule has 4 rings (SSSR count). The van der Waals surface area contributed by atoms with E-state index in [0.29, 0.717) is 29.4 Å². The van der Waals surface area contributed by atoms with Gasteiger partial charge in [-0.2, -0.15) is 0 Å². The van der Waals surface area contributed by atoms with Gasteiger partial charge in [0.25, 0.3) is 5.91 Å². The lowest BCUT2D eigenvalue weighted by Gasteiger charge is -2.13. The second-order valence-electron chi connectivity index (χ2n) is 7.75. The van der Waals surface area contributed by atoms with Crippen molar-refractivity contribution >= 4 is 17.5 Å². The van der Waals surface area contributed by atoms with E-state index >= 15 is 0 Å². The number of aromatic nitrogens is 2. The highest BCUT2D eigenvalue weighted by atomic mass is 16.5. The van der Waals surface area contributed by atoms with Gasteiger partial charge < -0.3 is 20.5 Å².